The Morgan fingerprint density at radius 2 is 1.07 bits per heavy atom. The van der Waals surface area contributed by atoms with Crippen LogP contribution in [0.5, 0.6) is 0 Å². The number of esters is 3. The number of piperidine rings is 2. The smallest absolute Gasteiger partial charge is 0.323 e. The summed E-state index contributed by atoms with van der Waals surface area (Å²) in [5.41, 5.74) is -4.11. The van der Waals surface area contributed by atoms with E-state index in [4.69, 9.17) is 14.2 Å². The number of hydroxylamine groups is 4. The van der Waals surface area contributed by atoms with E-state index in [1.807, 2.05) is 62.3 Å². The molecule has 2 aliphatic rings. The third-order valence-electron chi connectivity index (χ3n) is 8.79. The number of carbonyl (C=O) groups excluding carboxylic acids is 3. The SMILES string of the molecule is CCCCC(CCCOC(=O)CC)(C(=O)OC1CC(C)(C)N(O)C(C)(C)C1)C(=O)OC1CC(C)(C)N(O)C(C)(C)C1. The average molecular weight is 585 g/mol. The molecule has 0 aromatic heterocycles. The number of hydrogen-bond donors (Lipinski definition) is 2. The second-order valence-corrected chi connectivity index (χ2v) is 14.6. The Balaban J connectivity index is 2.39. The zero-order valence-corrected chi connectivity index (χ0v) is 27.2. The second kappa shape index (κ2) is 13.3. The van der Waals surface area contributed by atoms with Gasteiger partial charge in [0.2, 0.25) is 0 Å². The topological polar surface area (TPSA) is 126 Å². The van der Waals surface area contributed by atoms with Gasteiger partial charge >= 0.3 is 17.9 Å². The van der Waals surface area contributed by atoms with Crippen LogP contribution in [0.2, 0.25) is 0 Å². The molecule has 0 unspecified atom stereocenters. The van der Waals surface area contributed by atoms with E-state index < -0.39 is 51.7 Å². The molecule has 2 saturated heterocycles. The summed E-state index contributed by atoms with van der Waals surface area (Å²) in [5.74, 6) is -1.59. The molecule has 238 valence electrons. The molecule has 0 spiro atoms. The lowest BCUT2D eigenvalue weighted by molar-refractivity contribution is -0.263. The lowest BCUT2D eigenvalue weighted by Gasteiger charge is -2.51. The Morgan fingerprint density at radius 1 is 0.707 bits per heavy atom. The Bertz CT molecular complexity index is 837. The molecule has 10 nitrogen and oxygen atoms in total. The van der Waals surface area contributed by atoms with E-state index in [2.05, 4.69) is 0 Å². The number of hydrogen-bond acceptors (Lipinski definition) is 10. The van der Waals surface area contributed by atoms with Gasteiger partial charge in [-0.2, -0.15) is 10.1 Å². The van der Waals surface area contributed by atoms with Gasteiger partial charge in [-0.3, -0.25) is 14.4 Å². The monoisotopic (exact) mass is 584 g/mol. The van der Waals surface area contributed by atoms with Gasteiger partial charge in [-0.25, -0.2) is 0 Å². The molecule has 0 atom stereocenters. The number of carbonyl (C=O) groups is 3. The van der Waals surface area contributed by atoms with Crippen LogP contribution in [0.4, 0.5) is 0 Å². The summed E-state index contributed by atoms with van der Waals surface area (Å²) < 4.78 is 17.6. The van der Waals surface area contributed by atoms with Crippen molar-refractivity contribution in [2.75, 3.05) is 6.61 Å². The highest BCUT2D eigenvalue weighted by molar-refractivity contribution is 6.00. The first kappa shape index (κ1) is 35.4. The minimum atomic E-state index is -1.57. The molecule has 2 rings (SSSR count). The second-order valence-electron chi connectivity index (χ2n) is 14.6. The number of unbranched alkanes of at least 4 members (excludes halogenated alkanes) is 1. The van der Waals surface area contributed by atoms with E-state index in [1.165, 1.54) is 10.1 Å². The minimum Gasteiger partial charge on any atom is -0.466 e. The average Bonchev–Trinajstić information content (AvgIpc) is 2.84. The van der Waals surface area contributed by atoms with Crippen molar-refractivity contribution in [3.05, 3.63) is 0 Å². The molecule has 2 aliphatic heterocycles. The first-order valence-corrected chi connectivity index (χ1v) is 15.3. The van der Waals surface area contributed by atoms with E-state index in [0.29, 0.717) is 38.5 Å². The summed E-state index contributed by atoms with van der Waals surface area (Å²) in [6, 6.07) is 0. The molecule has 41 heavy (non-hydrogen) atoms. The largest absolute Gasteiger partial charge is 0.466 e. The predicted octanol–water partition coefficient (Wildman–Crippen LogP) is 5.80. The van der Waals surface area contributed by atoms with Crippen molar-refractivity contribution >= 4 is 17.9 Å². The Morgan fingerprint density at radius 3 is 1.41 bits per heavy atom. The van der Waals surface area contributed by atoms with Gasteiger partial charge in [0.05, 0.1) is 6.61 Å². The normalized spacial score (nSPS) is 23.1. The van der Waals surface area contributed by atoms with Gasteiger partial charge in [-0.1, -0.05) is 26.7 Å². The van der Waals surface area contributed by atoms with Gasteiger partial charge < -0.3 is 24.6 Å². The van der Waals surface area contributed by atoms with Gasteiger partial charge in [-0.15, -0.1) is 0 Å². The maximum Gasteiger partial charge on any atom is 0.323 e. The van der Waals surface area contributed by atoms with Crippen LogP contribution in [-0.2, 0) is 28.6 Å². The molecule has 2 fully saturated rings. The summed E-state index contributed by atoms with van der Waals surface area (Å²) in [7, 11) is 0. The molecule has 2 heterocycles. The maximum atomic E-state index is 14.2. The first-order valence-electron chi connectivity index (χ1n) is 15.3. The molecule has 0 bridgehead atoms. The quantitative estimate of drug-likeness (QED) is 0.126. The van der Waals surface area contributed by atoms with Crippen LogP contribution in [0.1, 0.15) is 133 Å². The maximum absolute atomic E-state index is 14.2. The Hall–Kier alpha value is -1.75. The molecule has 0 radical (unpaired) electrons. The molecule has 0 aliphatic carbocycles. The third kappa shape index (κ3) is 8.42. The summed E-state index contributed by atoms with van der Waals surface area (Å²) in [4.78, 5) is 40.1. The van der Waals surface area contributed by atoms with Crippen LogP contribution >= 0.6 is 0 Å². The van der Waals surface area contributed by atoms with Crippen LogP contribution in [0.3, 0.4) is 0 Å². The summed E-state index contributed by atoms with van der Waals surface area (Å²) >= 11 is 0. The van der Waals surface area contributed by atoms with Crippen molar-refractivity contribution in [1.29, 1.82) is 0 Å². The van der Waals surface area contributed by atoms with Crippen molar-refractivity contribution in [1.82, 2.24) is 10.1 Å². The summed E-state index contributed by atoms with van der Waals surface area (Å²) in [5, 5.41) is 24.1. The molecule has 2 N–H and O–H groups in total. The molecule has 0 amide bonds. The van der Waals surface area contributed by atoms with Crippen LogP contribution in [-0.4, -0.2) is 79.4 Å². The van der Waals surface area contributed by atoms with Crippen LogP contribution in [0.25, 0.3) is 0 Å². The fourth-order valence-electron chi connectivity index (χ4n) is 6.81. The fourth-order valence-corrected chi connectivity index (χ4v) is 6.81. The van der Waals surface area contributed by atoms with Crippen molar-refractivity contribution in [3.8, 4) is 0 Å². The van der Waals surface area contributed by atoms with Crippen molar-refractivity contribution in [2.45, 2.75) is 168 Å². The first-order chi connectivity index (χ1) is 18.7. The lowest BCUT2D eigenvalue weighted by atomic mass is 9.77. The Kier molecular flexibility index (Phi) is 11.5. The van der Waals surface area contributed by atoms with E-state index in [0.717, 1.165) is 6.42 Å². The van der Waals surface area contributed by atoms with Gasteiger partial charge in [0.1, 0.15) is 12.2 Å². The standard InChI is InChI=1S/C31H56N2O8/c1-11-13-15-31(16-14-17-39-24(34)12-2,25(35)40-22-18-27(3,4)32(37)28(5,6)19-22)26(36)41-23-20-29(7,8)33(38)30(9,10)21-23/h22-23,37-38H,11-21H2,1-10H3. The zero-order chi connectivity index (χ0) is 31.4. The fraction of sp³-hybridized carbons (Fsp3) is 0.903. The van der Waals surface area contributed by atoms with Gasteiger partial charge in [-0.05, 0) is 74.7 Å². The minimum absolute atomic E-state index is 0.0903. The molecular formula is C31H56N2O8. The lowest BCUT2D eigenvalue weighted by Crippen LogP contribution is -2.61. The van der Waals surface area contributed by atoms with E-state index in [9.17, 15) is 24.8 Å². The van der Waals surface area contributed by atoms with Gasteiger partial charge in [0.15, 0.2) is 5.41 Å². The highest BCUT2D eigenvalue weighted by atomic mass is 16.6. The van der Waals surface area contributed by atoms with E-state index in [-0.39, 0.29) is 31.8 Å². The van der Waals surface area contributed by atoms with E-state index in [1.54, 1.807) is 6.92 Å². The summed E-state index contributed by atoms with van der Waals surface area (Å²) in [6.45, 7) is 19.0. The van der Waals surface area contributed by atoms with Crippen molar-refractivity contribution in [2.24, 2.45) is 5.41 Å². The van der Waals surface area contributed by atoms with Gasteiger partial charge in [0, 0.05) is 54.3 Å². The predicted molar refractivity (Wildman–Crippen MR) is 154 cm³/mol. The zero-order valence-electron chi connectivity index (χ0n) is 27.2. The van der Waals surface area contributed by atoms with Crippen molar-refractivity contribution < 1.29 is 39.0 Å². The number of nitrogens with zero attached hydrogens (tertiary/aromatic N) is 2. The number of rotatable bonds is 12. The summed E-state index contributed by atoms with van der Waals surface area (Å²) in [6.07, 6.45) is 2.91. The highest BCUT2D eigenvalue weighted by Crippen LogP contribution is 2.43. The van der Waals surface area contributed by atoms with Gasteiger partial charge in [0.25, 0.3) is 0 Å². The molecule has 0 aromatic carbocycles. The third-order valence-corrected chi connectivity index (χ3v) is 8.79. The van der Waals surface area contributed by atoms with Crippen molar-refractivity contribution in [3.63, 3.8) is 0 Å². The number of ether oxygens (including phenoxy) is 3. The molecule has 0 saturated carbocycles. The van der Waals surface area contributed by atoms with Crippen LogP contribution in [0, 0.1) is 5.41 Å². The molecule has 0 aromatic rings. The van der Waals surface area contributed by atoms with Crippen LogP contribution in [0.15, 0.2) is 0 Å². The van der Waals surface area contributed by atoms with E-state index >= 15 is 0 Å². The van der Waals surface area contributed by atoms with Crippen LogP contribution < -0.4 is 0 Å². The highest BCUT2D eigenvalue weighted by Gasteiger charge is 2.54. The molecular weight excluding hydrogens is 528 g/mol. The Labute approximate surface area is 247 Å². The molecule has 10 heteroatoms.